The normalized spacial score (nSPS) is 18.8. The number of aliphatic hydroxyl groups is 1. The third kappa shape index (κ3) is 3.79. The average Bonchev–Trinajstić information content (AvgIpc) is 3.32. The minimum atomic E-state index is -4.49. The number of hydrogen-bond donors (Lipinski definition) is 1. The highest BCUT2D eigenvalue weighted by Gasteiger charge is 2.46. The summed E-state index contributed by atoms with van der Waals surface area (Å²) in [5, 5.41) is 19.0. The Morgan fingerprint density at radius 2 is 1.90 bits per heavy atom. The highest BCUT2D eigenvalue weighted by atomic mass is 79.9. The maximum absolute atomic E-state index is 14.0. The van der Waals surface area contributed by atoms with Gasteiger partial charge in [-0.05, 0) is 36.2 Å². The fraction of sp³-hybridized carbons (Fsp3) is 0.286. The molecule has 1 unspecified atom stereocenters. The molecule has 1 aliphatic heterocycles. The SMILES string of the molecule is OC1CCN([C@H](c2ccc3nnc(-c4ccc5ccc(Br)cc5n4)n3c2)C(F)(F)F)C1. The van der Waals surface area contributed by atoms with Crippen molar-refractivity contribution in [2.24, 2.45) is 0 Å². The van der Waals surface area contributed by atoms with Crippen LogP contribution in [0.2, 0.25) is 0 Å². The molecule has 1 N–H and O–H groups in total. The minimum Gasteiger partial charge on any atom is -0.392 e. The van der Waals surface area contributed by atoms with Crippen LogP contribution < -0.4 is 0 Å². The van der Waals surface area contributed by atoms with E-state index in [1.54, 1.807) is 6.07 Å². The zero-order valence-corrected chi connectivity index (χ0v) is 17.7. The Morgan fingerprint density at radius 3 is 2.65 bits per heavy atom. The Morgan fingerprint density at radius 1 is 1.10 bits per heavy atom. The van der Waals surface area contributed by atoms with E-state index in [4.69, 9.17) is 0 Å². The molecule has 1 fully saturated rings. The number of pyridine rings is 2. The number of alkyl halides is 3. The van der Waals surface area contributed by atoms with Crippen LogP contribution in [0.15, 0.2) is 53.1 Å². The van der Waals surface area contributed by atoms with Gasteiger partial charge in [0.15, 0.2) is 11.5 Å². The number of aromatic nitrogens is 4. The first kappa shape index (κ1) is 20.3. The summed E-state index contributed by atoms with van der Waals surface area (Å²) in [5.74, 6) is 0.362. The van der Waals surface area contributed by atoms with E-state index in [1.165, 1.54) is 27.6 Å². The Bertz CT molecular complexity index is 1280. The van der Waals surface area contributed by atoms with Gasteiger partial charge in [0.1, 0.15) is 11.7 Å². The third-order valence-electron chi connectivity index (χ3n) is 5.49. The molecule has 31 heavy (non-hydrogen) atoms. The predicted octanol–water partition coefficient (Wildman–Crippen LogP) is 4.38. The highest BCUT2D eigenvalue weighted by Crippen LogP contribution is 2.39. The van der Waals surface area contributed by atoms with Gasteiger partial charge < -0.3 is 5.11 Å². The Hall–Kier alpha value is -2.56. The number of fused-ring (bicyclic) bond motifs is 2. The lowest BCUT2D eigenvalue weighted by Crippen LogP contribution is -2.37. The summed E-state index contributed by atoms with van der Waals surface area (Å²) in [5.41, 5.74) is 1.74. The largest absolute Gasteiger partial charge is 0.408 e. The third-order valence-corrected chi connectivity index (χ3v) is 5.99. The standard InChI is InChI=1S/C21H17BrF3N5O/c22-14-4-1-12-2-5-16(26-17(12)9-14)20-28-27-18-6-3-13(10-30(18)20)19(21(23,24)25)29-8-7-15(31)11-29/h1-6,9-10,15,19,31H,7-8,11H2/t15?,19-/m1/s1. The minimum absolute atomic E-state index is 0.0155. The number of halogens is 4. The van der Waals surface area contributed by atoms with Gasteiger partial charge in [-0.3, -0.25) is 9.30 Å². The van der Waals surface area contributed by atoms with E-state index in [2.05, 4.69) is 31.1 Å². The van der Waals surface area contributed by atoms with Gasteiger partial charge in [0.2, 0.25) is 0 Å². The summed E-state index contributed by atoms with van der Waals surface area (Å²) in [6, 6.07) is 10.5. The summed E-state index contributed by atoms with van der Waals surface area (Å²) < 4.78 is 44.3. The molecular weight excluding hydrogens is 475 g/mol. The lowest BCUT2D eigenvalue weighted by atomic mass is 10.1. The molecule has 3 aromatic heterocycles. The van der Waals surface area contributed by atoms with E-state index in [0.717, 1.165) is 15.4 Å². The fourth-order valence-electron chi connectivity index (χ4n) is 4.07. The first-order chi connectivity index (χ1) is 14.8. The number of rotatable bonds is 3. The lowest BCUT2D eigenvalue weighted by molar-refractivity contribution is -0.184. The van der Waals surface area contributed by atoms with E-state index in [9.17, 15) is 18.3 Å². The maximum Gasteiger partial charge on any atom is 0.408 e. The molecule has 1 aromatic carbocycles. The molecule has 160 valence electrons. The quantitative estimate of drug-likeness (QED) is 0.460. The van der Waals surface area contributed by atoms with Crippen molar-refractivity contribution in [3.63, 3.8) is 0 Å². The van der Waals surface area contributed by atoms with Crippen LogP contribution in [0.5, 0.6) is 0 Å². The van der Waals surface area contributed by atoms with Crippen molar-refractivity contribution < 1.29 is 18.3 Å². The Labute approximate surface area is 183 Å². The van der Waals surface area contributed by atoms with Crippen molar-refractivity contribution in [2.75, 3.05) is 13.1 Å². The van der Waals surface area contributed by atoms with Crippen molar-refractivity contribution in [1.82, 2.24) is 24.5 Å². The van der Waals surface area contributed by atoms with Crippen LogP contribution in [0.4, 0.5) is 13.2 Å². The van der Waals surface area contributed by atoms with Gasteiger partial charge in [-0.25, -0.2) is 4.98 Å². The van der Waals surface area contributed by atoms with Crippen LogP contribution in [0.3, 0.4) is 0 Å². The van der Waals surface area contributed by atoms with Crippen molar-refractivity contribution in [1.29, 1.82) is 0 Å². The van der Waals surface area contributed by atoms with E-state index < -0.39 is 18.3 Å². The molecule has 10 heteroatoms. The van der Waals surface area contributed by atoms with Crippen molar-refractivity contribution in [3.8, 4) is 11.5 Å². The van der Waals surface area contributed by atoms with Crippen LogP contribution in [-0.2, 0) is 0 Å². The number of likely N-dealkylation sites (tertiary alicyclic amines) is 1. The molecule has 2 atom stereocenters. The molecule has 4 heterocycles. The molecule has 4 aromatic rings. The number of benzene rings is 1. The molecule has 0 saturated carbocycles. The Kier molecular flexibility index (Phi) is 4.95. The molecule has 1 saturated heterocycles. The van der Waals surface area contributed by atoms with Gasteiger partial charge in [-0.1, -0.05) is 34.1 Å². The van der Waals surface area contributed by atoms with Crippen molar-refractivity contribution in [3.05, 3.63) is 58.7 Å². The number of hydrogen-bond acceptors (Lipinski definition) is 5. The predicted molar refractivity (Wildman–Crippen MR) is 112 cm³/mol. The topological polar surface area (TPSA) is 66.5 Å². The lowest BCUT2D eigenvalue weighted by Gasteiger charge is -2.29. The first-order valence-electron chi connectivity index (χ1n) is 9.70. The summed E-state index contributed by atoms with van der Waals surface area (Å²) in [4.78, 5) is 5.89. The van der Waals surface area contributed by atoms with Crippen LogP contribution >= 0.6 is 15.9 Å². The summed E-state index contributed by atoms with van der Waals surface area (Å²) in [6.45, 7) is 0.165. The second-order valence-corrected chi connectivity index (χ2v) is 8.55. The smallest absolute Gasteiger partial charge is 0.392 e. The highest BCUT2D eigenvalue weighted by molar-refractivity contribution is 9.10. The van der Waals surface area contributed by atoms with Gasteiger partial charge in [0, 0.05) is 29.1 Å². The molecule has 0 bridgehead atoms. The van der Waals surface area contributed by atoms with Gasteiger partial charge >= 0.3 is 6.18 Å². The number of aliphatic hydroxyl groups excluding tert-OH is 1. The first-order valence-corrected chi connectivity index (χ1v) is 10.5. The van der Waals surface area contributed by atoms with E-state index in [1.807, 2.05) is 24.3 Å². The summed E-state index contributed by atoms with van der Waals surface area (Å²) in [7, 11) is 0. The molecule has 1 aliphatic rings. The van der Waals surface area contributed by atoms with Crippen LogP contribution in [0, 0.1) is 0 Å². The van der Waals surface area contributed by atoms with Gasteiger partial charge in [0.25, 0.3) is 0 Å². The zero-order chi connectivity index (χ0) is 21.8. The number of β-amino-alcohol motifs (C(OH)–C–C–N with tert-alkyl or cyclic N) is 1. The second kappa shape index (κ2) is 7.54. The van der Waals surface area contributed by atoms with E-state index >= 15 is 0 Å². The number of nitrogens with zero attached hydrogens (tertiary/aromatic N) is 5. The van der Waals surface area contributed by atoms with E-state index in [0.29, 0.717) is 23.6 Å². The molecule has 0 aliphatic carbocycles. The van der Waals surface area contributed by atoms with Gasteiger partial charge in [-0.15, -0.1) is 10.2 Å². The summed E-state index contributed by atoms with van der Waals surface area (Å²) >= 11 is 3.42. The summed E-state index contributed by atoms with van der Waals surface area (Å²) in [6.07, 6.45) is -3.50. The molecule has 0 amide bonds. The Balaban J connectivity index is 1.61. The fourth-order valence-corrected chi connectivity index (χ4v) is 4.42. The zero-order valence-electron chi connectivity index (χ0n) is 16.1. The molecule has 5 rings (SSSR count). The van der Waals surface area contributed by atoms with Gasteiger partial charge in [-0.2, -0.15) is 13.2 Å². The van der Waals surface area contributed by atoms with E-state index in [-0.39, 0.29) is 18.7 Å². The molecule has 6 nitrogen and oxygen atoms in total. The van der Waals surface area contributed by atoms with Crippen molar-refractivity contribution >= 4 is 32.5 Å². The van der Waals surface area contributed by atoms with Crippen LogP contribution in [0.25, 0.3) is 28.1 Å². The monoisotopic (exact) mass is 491 g/mol. The van der Waals surface area contributed by atoms with Crippen molar-refractivity contribution in [2.45, 2.75) is 24.7 Å². The maximum atomic E-state index is 14.0. The van der Waals surface area contributed by atoms with Gasteiger partial charge in [0.05, 0.1) is 11.6 Å². The second-order valence-electron chi connectivity index (χ2n) is 7.63. The molecule has 0 spiro atoms. The van der Waals surface area contributed by atoms with Crippen LogP contribution in [-0.4, -0.2) is 55.0 Å². The van der Waals surface area contributed by atoms with Crippen LogP contribution in [0.1, 0.15) is 18.0 Å². The molecule has 0 radical (unpaired) electrons. The average molecular weight is 492 g/mol. The molecular formula is C21H17BrF3N5O.